The average Bonchev–Trinajstić information content (AvgIpc) is 4.11. The van der Waals surface area contributed by atoms with E-state index in [1.165, 1.54) is 38.5 Å². The molecule has 10 nitrogen and oxygen atoms in total. The fraction of sp³-hybridized carbons (Fsp3) is 0.647. The smallest absolute Gasteiger partial charge is 0.239 e. The molecule has 0 aromatic heterocycles. The number of oxime groups is 1. The summed E-state index contributed by atoms with van der Waals surface area (Å²) in [6.07, 6.45) is 20.7. The predicted molar refractivity (Wildman–Crippen MR) is 243 cm³/mol. The van der Waals surface area contributed by atoms with Gasteiger partial charge in [-0.05, 0) is 73.3 Å². The van der Waals surface area contributed by atoms with Crippen LogP contribution in [-0.2, 0) is 21.0 Å². The third-order valence-corrected chi connectivity index (χ3v) is 13.5. The van der Waals surface area contributed by atoms with Crippen LogP contribution in [0.2, 0.25) is 0 Å². The molecule has 0 radical (unpaired) electrons. The third-order valence-electron chi connectivity index (χ3n) is 13.5. The number of ether oxygens (including phenoxy) is 3. The number of aliphatic hydroxyl groups is 2. The number of hydrogen-bond donors (Lipinski definition) is 2. The molecule has 1 amide bonds. The van der Waals surface area contributed by atoms with E-state index in [0.29, 0.717) is 32.5 Å². The zero-order valence-corrected chi connectivity index (χ0v) is 37.3. The van der Waals surface area contributed by atoms with Gasteiger partial charge in [-0.25, -0.2) is 0 Å². The second-order valence-corrected chi connectivity index (χ2v) is 17.8. The highest BCUT2D eigenvalue weighted by Gasteiger charge is 2.65. The standard InChI is InChI=1S/C51H75N3O7/c1-4-6-7-8-9-10-11-12-16-25-48(57)53(3)47-37-45(52-60-38-39-21-14-13-15-22-39)43-35-40(23-17-19-31-55)42(24-18-20-32-56)49-44-36-41(58-34-30-54-28-29-54)26-27-46(44)61-51(47,50(43)49)59-33-5-2/h5,13-15,21-22,26-27,35-36,40,42,47,49-50,55-56H,2,4,6-12,16-20,23-25,28-34,37-38H2,1,3H3/t40-,42+,47-,49+,50+,51+/m0/s1. The van der Waals surface area contributed by atoms with Crippen molar-refractivity contribution in [3.8, 4) is 11.5 Å². The lowest BCUT2D eigenvalue weighted by Crippen LogP contribution is -2.69. The predicted octanol–water partition coefficient (Wildman–Crippen LogP) is 9.59. The maximum Gasteiger partial charge on any atom is 0.239 e. The van der Waals surface area contributed by atoms with E-state index in [4.69, 9.17) is 24.2 Å². The number of nitrogens with zero attached hydrogens (tertiary/aromatic N) is 3. The Morgan fingerprint density at radius 1 is 0.951 bits per heavy atom. The first-order chi connectivity index (χ1) is 29.9. The van der Waals surface area contributed by atoms with Crippen molar-refractivity contribution in [1.29, 1.82) is 0 Å². The number of hydrogen-bond acceptors (Lipinski definition) is 9. The number of amides is 1. The number of aliphatic hydroxyl groups excluding tert-OH is 2. The summed E-state index contributed by atoms with van der Waals surface area (Å²) >= 11 is 0. The summed E-state index contributed by atoms with van der Waals surface area (Å²) in [4.78, 5) is 24.9. The molecule has 0 unspecified atom stereocenters. The first kappa shape index (κ1) is 46.8. The Bertz CT molecular complexity index is 1710. The minimum atomic E-state index is -1.24. The summed E-state index contributed by atoms with van der Waals surface area (Å²) in [5, 5.41) is 24.8. The maximum atomic E-state index is 14.4. The van der Waals surface area contributed by atoms with Crippen molar-refractivity contribution in [3.63, 3.8) is 0 Å². The molecular weight excluding hydrogens is 767 g/mol. The lowest BCUT2D eigenvalue weighted by Gasteiger charge is -2.59. The number of carbonyl (C=O) groups is 1. The van der Waals surface area contributed by atoms with E-state index in [1.807, 2.05) is 54.4 Å². The average molecular weight is 842 g/mol. The van der Waals surface area contributed by atoms with Crippen molar-refractivity contribution in [2.75, 3.05) is 53.1 Å². The van der Waals surface area contributed by atoms with Crippen LogP contribution in [0.15, 0.2) is 78.0 Å². The topological polar surface area (TPSA) is 113 Å². The fourth-order valence-electron chi connectivity index (χ4n) is 10.1. The summed E-state index contributed by atoms with van der Waals surface area (Å²) in [5.41, 5.74) is 3.96. The molecule has 6 atom stereocenters. The van der Waals surface area contributed by atoms with Crippen LogP contribution >= 0.6 is 0 Å². The van der Waals surface area contributed by atoms with Gasteiger partial charge in [0.15, 0.2) is 0 Å². The molecule has 2 N–H and O–H groups in total. The van der Waals surface area contributed by atoms with Gasteiger partial charge in [-0.15, -0.1) is 6.58 Å². The van der Waals surface area contributed by atoms with E-state index in [1.54, 1.807) is 6.08 Å². The van der Waals surface area contributed by atoms with Gasteiger partial charge in [0.2, 0.25) is 11.7 Å². The van der Waals surface area contributed by atoms with Gasteiger partial charge >= 0.3 is 0 Å². The number of likely N-dealkylation sites (N-methyl/N-ethyl adjacent to an activating group) is 1. The zero-order chi connectivity index (χ0) is 42.9. The molecule has 2 aliphatic carbocycles. The molecular formula is C51H75N3O7. The number of unbranched alkanes of at least 4 members (excludes halogenated alkanes) is 10. The highest BCUT2D eigenvalue weighted by Crippen LogP contribution is 2.61. The largest absolute Gasteiger partial charge is 0.492 e. The van der Waals surface area contributed by atoms with Crippen LogP contribution in [0.4, 0.5) is 0 Å². The van der Waals surface area contributed by atoms with Crippen molar-refractivity contribution < 1.29 is 34.1 Å². The van der Waals surface area contributed by atoms with Crippen LogP contribution in [0.5, 0.6) is 11.5 Å². The number of allylic oxidation sites excluding steroid dienone is 1. The minimum absolute atomic E-state index is 0.0739. The van der Waals surface area contributed by atoms with Crippen molar-refractivity contribution in [1.82, 2.24) is 9.80 Å². The quantitative estimate of drug-likeness (QED) is 0.0361. The minimum Gasteiger partial charge on any atom is -0.492 e. The Morgan fingerprint density at radius 2 is 1.67 bits per heavy atom. The van der Waals surface area contributed by atoms with Crippen LogP contribution in [0.25, 0.3) is 0 Å². The van der Waals surface area contributed by atoms with Crippen molar-refractivity contribution in [2.45, 2.75) is 140 Å². The molecule has 2 aromatic rings. The molecule has 1 saturated carbocycles. The normalized spacial score (nSPS) is 24.6. The third kappa shape index (κ3) is 12.5. The summed E-state index contributed by atoms with van der Waals surface area (Å²) in [6.45, 7) is 10.9. The van der Waals surface area contributed by atoms with E-state index < -0.39 is 11.8 Å². The second-order valence-electron chi connectivity index (χ2n) is 17.8. The molecule has 0 bridgehead atoms. The van der Waals surface area contributed by atoms with Gasteiger partial charge in [0.1, 0.15) is 30.8 Å². The Kier molecular flexibility index (Phi) is 18.6. The van der Waals surface area contributed by atoms with Crippen LogP contribution in [0, 0.1) is 17.8 Å². The summed E-state index contributed by atoms with van der Waals surface area (Å²) in [6, 6.07) is 15.8. The Hall–Kier alpha value is -3.70. The van der Waals surface area contributed by atoms with Gasteiger partial charge in [-0.2, -0.15) is 0 Å². The molecule has 1 saturated heterocycles. The Morgan fingerprint density at radius 3 is 2.38 bits per heavy atom. The molecule has 2 heterocycles. The molecule has 2 aromatic carbocycles. The maximum absolute atomic E-state index is 14.4. The van der Waals surface area contributed by atoms with Crippen molar-refractivity contribution >= 4 is 11.6 Å². The number of fused-ring (bicyclic) bond motifs is 2. The van der Waals surface area contributed by atoms with E-state index >= 15 is 0 Å². The van der Waals surface area contributed by atoms with Gasteiger partial charge in [0.25, 0.3) is 0 Å². The van der Waals surface area contributed by atoms with Gasteiger partial charge in [-0.1, -0.05) is 119 Å². The van der Waals surface area contributed by atoms with Crippen LogP contribution in [-0.4, -0.2) is 96.6 Å². The van der Waals surface area contributed by atoms with E-state index in [0.717, 1.165) is 105 Å². The number of carbonyl (C=O) groups excluding carboxylic acids is 1. The van der Waals surface area contributed by atoms with E-state index in [2.05, 4.69) is 30.5 Å². The van der Waals surface area contributed by atoms with Crippen LogP contribution in [0.3, 0.4) is 0 Å². The summed E-state index contributed by atoms with van der Waals surface area (Å²) in [5.74, 6) is 0.305. The Balaban J connectivity index is 1.39. The van der Waals surface area contributed by atoms with Crippen LogP contribution in [0.1, 0.15) is 133 Å². The first-order valence-electron chi connectivity index (χ1n) is 23.8. The van der Waals surface area contributed by atoms with E-state index in [9.17, 15) is 15.0 Å². The molecule has 2 fully saturated rings. The van der Waals surface area contributed by atoms with Gasteiger partial charge in [0.05, 0.1) is 18.2 Å². The SMILES string of the molecule is C=CCO[C@@]12Oc3ccc(OCCN4CC4)cc3[C@H]3[C@H](CCCCO)[C@@H](CCCCO)C=C(C(=NOCc4ccccc4)C[C@@H]1N(C)C(=O)CCCCCCCCCCC)[C@H]32. The lowest BCUT2D eigenvalue weighted by atomic mass is 9.55. The van der Waals surface area contributed by atoms with Gasteiger partial charge < -0.3 is 34.2 Å². The molecule has 61 heavy (non-hydrogen) atoms. The molecule has 6 rings (SSSR count). The Labute approximate surface area is 366 Å². The second kappa shape index (κ2) is 24.2. The highest BCUT2D eigenvalue weighted by molar-refractivity contribution is 6.03. The molecule has 336 valence electrons. The van der Waals surface area contributed by atoms with E-state index in [-0.39, 0.29) is 49.4 Å². The monoisotopic (exact) mass is 842 g/mol. The van der Waals surface area contributed by atoms with Crippen molar-refractivity contribution in [3.05, 3.63) is 84.0 Å². The van der Waals surface area contributed by atoms with Gasteiger partial charge in [-0.3, -0.25) is 9.69 Å². The number of rotatable bonds is 29. The zero-order valence-electron chi connectivity index (χ0n) is 37.3. The first-order valence-corrected chi connectivity index (χ1v) is 23.8. The van der Waals surface area contributed by atoms with Crippen LogP contribution < -0.4 is 9.47 Å². The molecule has 0 spiro atoms. The van der Waals surface area contributed by atoms with Crippen molar-refractivity contribution in [2.24, 2.45) is 22.9 Å². The number of benzene rings is 2. The van der Waals surface area contributed by atoms with Gasteiger partial charge in [0, 0.05) is 64.2 Å². The molecule has 2 aliphatic heterocycles. The summed E-state index contributed by atoms with van der Waals surface area (Å²) in [7, 11) is 1.91. The lowest BCUT2D eigenvalue weighted by molar-refractivity contribution is -0.255. The summed E-state index contributed by atoms with van der Waals surface area (Å²) < 4.78 is 20.8. The molecule has 10 heteroatoms. The highest BCUT2D eigenvalue weighted by atomic mass is 16.7. The fourth-order valence-corrected chi connectivity index (χ4v) is 10.1. The molecule has 4 aliphatic rings.